The maximum atomic E-state index is 3.61. The van der Waals surface area contributed by atoms with Crippen LogP contribution in [0.15, 0.2) is 0 Å². The average Bonchev–Trinajstić information content (AvgIpc) is 2.74. The molecule has 18 heavy (non-hydrogen) atoms. The van der Waals surface area contributed by atoms with E-state index in [0.717, 1.165) is 23.8 Å². The van der Waals surface area contributed by atoms with Gasteiger partial charge in [-0.3, -0.25) is 0 Å². The van der Waals surface area contributed by atoms with Gasteiger partial charge in [0, 0.05) is 12.6 Å². The summed E-state index contributed by atoms with van der Waals surface area (Å²) in [5.41, 5.74) is 0. The quantitative estimate of drug-likeness (QED) is 0.714. The number of nitrogens with zero attached hydrogens (tertiary/aromatic N) is 1. The molecule has 0 aromatic heterocycles. The van der Waals surface area contributed by atoms with Gasteiger partial charge in [0.2, 0.25) is 0 Å². The van der Waals surface area contributed by atoms with Crippen molar-refractivity contribution in [1.82, 2.24) is 10.2 Å². The van der Waals surface area contributed by atoms with Gasteiger partial charge >= 0.3 is 0 Å². The molecule has 108 valence electrons. The zero-order chi connectivity index (χ0) is 13.5. The topological polar surface area (TPSA) is 15.3 Å². The minimum Gasteiger partial charge on any atom is -0.316 e. The van der Waals surface area contributed by atoms with Crippen LogP contribution < -0.4 is 5.32 Å². The lowest BCUT2D eigenvalue weighted by atomic mass is 10.0. The number of hydrogen-bond acceptors (Lipinski definition) is 2. The molecule has 0 aliphatic carbocycles. The number of nitrogens with one attached hydrogen (secondary N) is 1. The molecule has 1 fully saturated rings. The summed E-state index contributed by atoms with van der Waals surface area (Å²) in [6.45, 7) is 16.6. The zero-order valence-corrected chi connectivity index (χ0v) is 13.2. The third kappa shape index (κ3) is 6.19. The van der Waals surface area contributed by atoms with Gasteiger partial charge in [0.05, 0.1) is 0 Å². The Labute approximate surface area is 115 Å². The van der Waals surface area contributed by atoms with E-state index in [2.05, 4.69) is 44.8 Å². The van der Waals surface area contributed by atoms with Crippen LogP contribution in [0.1, 0.15) is 53.9 Å². The third-order valence-electron chi connectivity index (χ3n) is 4.09. The van der Waals surface area contributed by atoms with Crippen molar-refractivity contribution >= 4 is 0 Å². The van der Waals surface area contributed by atoms with Crippen molar-refractivity contribution in [3.05, 3.63) is 0 Å². The molecule has 2 nitrogen and oxygen atoms in total. The van der Waals surface area contributed by atoms with E-state index >= 15 is 0 Å². The van der Waals surface area contributed by atoms with Crippen molar-refractivity contribution in [3.8, 4) is 0 Å². The predicted molar refractivity (Wildman–Crippen MR) is 80.9 cm³/mol. The molecule has 1 saturated heterocycles. The lowest BCUT2D eigenvalue weighted by Gasteiger charge is -2.25. The van der Waals surface area contributed by atoms with E-state index < -0.39 is 0 Å². The van der Waals surface area contributed by atoms with E-state index in [1.807, 2.05) is 0 Å². The molecule has 2 atom stereocenters. The SMILES string of the molecule is CC(C)CCC(C)N1CCC(CNCC(C)C)C1. The molecule has 0 amide bonds. The lowest BCUT2D eigenvalue weighted by Crippen LogP contribution is -2.33. The van der Waals surface area contributed by atoms with Crippen LogP contribution in [0.25, 0.3) is 0 Å². The smallest absolute Gasteiger partial charge is 0.00671 e. The second kappa shape index (κ2) is 8.16. The monoisotopic (exact) mass is 254 g/mol. The van der Waals surface area contributed by atoms with Crippen molar-refractivity contribution < 1.29 is 0 Å². The minimum atomic E-state index is 0.771. The summed E-state index contributed by atoms with van der Waals surface area (Å²) >= 11 is 0. The highest BCUT2D eigenvalue weighted by Crippen LogP contribution is 2.21. The fraction of sp³-hybridized carbons (Fsp3) is 1.00. The molecule has 0 spiro atoms. The van der Waals surface area contributed by atoms with Gasteiger partial charge in [0.25, 0.3) is 0 Å². The Balaban J connectivity index is 2.15. The Hall–Kier alpha value is -0.0800. The molecular weight excluding hydrogens is 220 g/mol. The van der Waals surface area contributed by atoms with Crippen molar-refractivity contribution in [2.45, 2.75) is 59.9 Å². The Morgan fingerprint density at radius 1 is 1.06 bits per heavy atom. The molecule has 1 N–H and O–H groups in total. The van der Waals surface area contributed by atoms with E-state index in [-0.39, 0.29) is 0 Å². The van der Waals surface area contributed by atoms with E-state index in [9.17, 15) is 0 Å². The standard InChI is InChI=1S/C16H34N2/c1-13(2)6-7-15(5)18-9-8-16(12-18)11-17-10-14(3)4/h13-17H,6-12H2,1-5H3. The third-order valence-corrected chi connectivity index (χ3v) is 4.09. The summed E-state index contributed by atoms with van der Waals surface area (Å²) in [5.74, 6) is 2.50. The van der Waals surface area contributed by atoms with Gasteiger partial charge in [-0.25, -0.2) is 0 Å². The van der Waals surface area contributed by atoms with E-state index in [1.54, 1.807) is 0 Å². The zero-order valence-electron chi connectivity index (χ0n) is 13.2. The van der Waals surface area contributed by atoms with E-state index in [4.69, 9.17) is 0 Å². The normalized spacial score (nSPS) is 23.2. The summed E-state index contributed by atoms with van der Waals surface area (Å²) < 4.78 is 0. The van der Waals surface area contributed by atoms with E-state index in [0.29, 0.717) is 0 Å². The highest BCUT2D eigenvalue weighted by atomic mass is 15.2. The fourth-order valence-corrected chi connectivity index (χ4v) is 2.76. The van der Waals surface area contributed by atoms with Gasteiger partial charge < -0.3 is 10.2 Å². The average molecular weight is 254 g/mol. The van der Waals surface area contributed by atoms with Crippen LogP contribution in [0.4, 0.5) is 0 Å². The molecule has 1 aliphatic heterocycles. The van der Waals surface area contributed by atoms with Crippen LogP contribution in [-0.2, 0) is 0 Å². The van der Waals surface area contributed by atoms with Crippen LogP contribution in [-0.4, -0.2) is 37.1 Å². The van der Waals surface area contributed by atoms with Gasteiger partial charge in [-0.1, -0.05) is 27.7 Å². The summed E-state index contributed by atoms with van der Waals surface area (Å²) in [5, 5.41) is 3.61. The first-order valence-corrected chi connectivity index (χ1v) is 7.93. The summed E-state index contributed by atoms with van der Waals surface area (Å²) in [4.78, 5) is 2.70. The van der Waals surface area contributed by atoms with Gasteiger partial charge in [-0.2, -0.15) is 0 Å². The Kier molecular flexibility index (Phi) is 7.25. The first-order valence-electron chi connectivity index (χ1n) is 7.93. The Morgan fingerprint density at radius 2 is 1.78 bits per heavy atom. The van der Waals surface area contributed by atoms with Crippen LogP contribution in [0.2, 0.25) is 0 Å². The molecule has 0 aromatic rings. The molecule has 0 aromatic carbocycles. The predicted octanol–water partition coefficient (Wildman–Crippen LogP) is 3.38. The summed E-state index contributed by atoms with van der Waals surface area (Å²) in [6.07, 6.45) is 4.12. The second-order valence-corrected chi connectivity index (χ2v) is 7.02. The highest BCUT2D eigenvalue weighted by molar-refractivity contribution is 4.81. The molecule has 1 rings (SSSR count). The van der Waals surface area contributed by atoms with Crippen molar-refractivity contribution in [1.29, 1.82) is 0 Å². The summed E-state index contributed by atoms with van der Waals surface area (Å²) in [7, 11) is 0. The van der Waals surface area contributed by atoms with Crippen LogP contribution in [0.3, 0.4) is 0 Å². The molecule has 1 aliphatic rings. The minimum absolute atomic E-state index is 0.771. The van der Waals surface area contributed by atoms with Gasteiger partial charge in [0.15, 0.2) is 0 Å². The number of hydrogen-bond donors (Lipinski definition) is 1. The molecule has 2 heteroatoms. The van der Waals surface area contributed by atoms with Gasteiger partial charge in [-0.15, -0.1) is 0 Å². The number of rotatable bonds is 8. The van der Waals surface area contributed by atoms with Crippen molar-refractivity contribution in [2.24, 2.45) is 17.8 Å². The first kappa shape index (κ1) is 16.0. The molecule has 0 radical (unpaired) electrons. The lowest BCUT2D eigenvalue weighted by molar-refractivity contribution is 0.227. The molecule has 2 unspecified atom stereocenters. The molecular formula is C16H34N2. The maximum absolute atomic E-state index is 3.61. The van der Waals surface area contributed by atoms with Crippen LogP contribution in [0, 0.1) is 17.8 Å². The van der Waals surface area contributed by atoms with Crippen LogP contribution in [0.5, 0.6) is 0 Å². The van der Waals surface area contributed by atoms with Crippen LogP contribution >= 0.6 is 0 Å². The first-order chi connectivity index (χ1) is 8.49. The molecule has 1 heterocycles. The van der Waals surface area contributed by atoms with Gasteiger partial charge in [0.1, 0.15) is 0 Å². The Bertz CT molecular complexity index is 213. The van der Waals surface area contributed by atoms with Gasteiger partial charge in [-0.05, 0) is 63.6 Å². The number of likely N-dealkylation sites (tertiary alicyclic amines) is 1. The Morgan fingerprint density at radius 3 is 2.39 bits per heavy atom. The van der Waals surface area contributed by atoms with E-state index in [1.165, 1.54) is 45.4 Å². The van der Waals surface area contributed by atoms with Crippen molar-refractivity contribution in [3.63, 3.8) is 0 Å². The second-order valence-electron chi connectivity index (χ2n) is 7.02. The molecule has 0 saturated carbocycles. The molecule has 0 bridgehead atoms. The largest absolute Gasteiger partial charge is 0.316 e. The highest BCUT2D eigenvalue weighted by Gasteiger charge is 2.25. The maximum Gasteiger partial charge on any atom is 0.00671 e. The van der Waals surface area contributed by atoms with Crippen molar-refractivity contribution in [2.75, 3.05) is 26.2 Å². The summed E-state index contributed by atoms with van der Waals surface area (Å²) in [6, 6.07) is 0.780. The fourth-order valence-electron chi connectivity index (χ4n) is 2.76.